The molecule has 0 aliphatic carbocycles. The van der Waals surface area contributed by atoms with Gasteiger partial charge in [0.05, 0.1) is 5.75 Å². The van der Waals surface area contributed by atoms with Crippen LogP contribution in [0.5, 0.6) is 0 Å². The van der Waals surface area contributed by atoms with Crippen molar-refractivity contribution in [3.8, 4) is 11.5 Å². The van der Waals surface area contributed by atoms with Gasteiger partial charge in [-0.25, -0.2) is 26.3 Å². The lowest BCUT2D eigenvalue weighted by atomic mass is 10.3. The van der Waals surface area contributed by atoms with E-state index in [0.717, 1.165) is 6.07 Å². The number of nitrogens with zero attached hydrogens (tertiary/aromatic N) is 1. The van der Waals surface area contributed by atoms with Gasteiger partial charge >= 0.3 is 6.18 Å². The van der Waals surface area contributed by atoms with Crippen LogP contribution >= 0.6 is 0 Å². The lowest BCUT2D eigenvalue weighted by Gasteiger charge is -2.05. The Morgan fingerprint density at radius 1 is 1.19 bits per heavy atom. The summed E-state index contributed by atoms with van der Waals surface area (Å²) in [6.07, 6.45) is -4.75. The molecule has 0 bridgehead atoms. The third-order valence-electron chi connectivity index (χ3n) is 3.18. The minimum Gasteiger partial charge on any atom is -0.458 e. The summed E-state index contributed by atoms with van der Waals surface area (Å²) in [5.41, 5.74) is -0.334. The third kappa shape index (κ3) is 4.63. The smallest absolute Gasteiger partial charge is 0.452 e. The Morgan fingerprint density at radius 2 is 1.85 bits per heavy atom. The van der Waals surface area contributed by atoms with E-state index in [4.69, 9.17) is 4.42 Å². The first-order chi connectivity index (χ1) is 11.9. The average Bonchev–Trinajstić information content (AvgIpc) is 3.13. The number of alkyl halides is 3. The van der Waals surface area contributed by atoms with Crippen LogP contribution in [-0.2, 0) is 26.2 Å². The predicted octanol–water partition coefficient (Wildman–Crippen LogP) is 1.09. The van der Waals surface area contributed by atoms with E-state index in [0.29, 0.717) is 6.07 Å². The molecule has 0 fully saturated rings. The van der Waals surface area contributed by atoms with E-state index >= 15 is 0 Å². The molecule has 0 saturated heterocycles. The summed E-state index contributed by atoms with van der Waals surface area (Å²) >= 11 is 0. The van der Waals surface area contributed by atoms with Gasteiger partial charge < -0.3 is 8.94 Å². The fraction of sp³-hybridized carbons (Fsp3) is 0.417. The number of sulfonamides is 2. The monoisotopic (exact) mass is 417 g/mol. The number of hydrogen-bond acceptors (Lipinski definition) is 7. The van der Waals surface area contributed by atoms with E-state index in [9.17, 15) is 30.0 Å². The number of rotatable bonds is 7. The minimum absolute atomic E-state index is 0.111. The molecule has 146 valence electrons. The predicted molar refractivity (Wildman–Crippen MR) is 82.0 cm³/mol. The maximum absolute atomic E-state index is 12.5. The fourth-order valence-corrected chi connectivity index (χ4v) is 3.79. The Balaban J connectivity index is 2.22. The standard InChI is InChI=1S/C12H14F3N3O6S2/c1-7-10(26(21,22)17-3-4-25(19,20)16-2)6-9(23-7)8-5-11(24-18-8)12(13,14)15/h5-6,16-17H,3-4H2,1-2H3. The highest BCUT2D eigenvalue weighted by Crippen LogP contribution is 2.34. The van der Waals surface area contributed by atoms with Crippen LogP contribution in [0.3, 0.4) is 0 Å². The van der Waals surface area contributed by atoms with Gasteiger partial charge in [0.1, 0.15) is 16.3 Å². The number of hydrogen-bond donors (Lipinski definition) is 2. The Kier molecular flexibility index (Phi) is 5.51. The molecule has 0 aliphatic rings. The quantitative estimate of drug-likeness (QED) is 0.689. The molecule has 0 atom stereocenters. The molecule has 0 unspecified atom stereocenters. The minimum atomic E-state index is -4.75. The van der Waals surface area contributed by atoms with Gasteiger partial charge in [0.2, 0.25) is 25.8 Å². The highest BCUT2D eigenvalue weighted by molar-refractivity contribution is 7.90. The molecule has 0 aromatic carbocycles. The lowest BCUT2D eigenvalue weighted by molar-refractivity contribution is -0.155. The molecule has 0 amide bonds. The molecule has 2 rings (SSSR count). The van der Waals surface area contributed by atoms with Crippen LogP contribution < -0.4 is 9.44 Å². The molecule has 0 aliphatic heterocycles. The van der Waals surface area contributed by atoms with E-state index in [1.165, 1.54) is 14.0 Å². The Bertz CT molecular complexity index is 992. The van der Waals surface area contributed by atoms with Gasteiger partial charge in [-0.2, -0.15) is 13.2 Å². The fourth-order valence-electron chi connectivity index (χ4n) is 1.87. The van der Waals surface area contributed by atoms with Crippen molar-refractivity contribution >= 4 is 20.0 Å². The topological polar surface area (TPSA) is 132 Å². The largest absolute Gasteiger partial charge is 0.458 e. The summed E-state index contributed by atoms with van der Waals surface area (Å²) < 4.78 is 98.0. The highest BCUT2D eigenvalue weighted by Gasteiger charge is 2.36. The number of aromatic nitrogens is 1. The van der Waals surface area contributed by atoms with E-state index in [1.54, 1.807) is 0 Å². The van der Waals surface area contributed by atoms with Gasteiger partial charge in [-0.1, -0.05) is 5.16 Å². The van der Waals surface area contributed by atoms with Crippen LogP contribution in [0.4, 0.5) is 13.2 Å². The first-order valence-corrected chi connectivity index (χ1v) is 10.0. The maximum Gasteiger partial charge on any atom is 0.452 e. The number of halogens is 3. The second kappa shape index (κ2) is 7.02. The zero-order valence-electron chi connectivity index (χ0n) is 13.4. The summed E-state index contributed by atoms with van der Waals surface area (Å²) in [5.74, 6) is -2.21. The van der Waals surface area contributed by atoms with E-state index in [1.807, 2.05) is 4.72 Å². The Hall–Kier alpha value is -1.90. The van der Waals surface area contributed by atoms with Crippen LogP contribution in [0.15, 0.2) is 26.0 Å². The molecule has 0 spiro atoms. The molecule has 2 N–H and O–H groups in total. The number of furan rings is 1. The zero-order valence-corrected chi connectivity index (χ0v) is 15.0. The first-order valence-electron chi connectivity index (χ1n) is 6.91. The maximum atomic E-state index is 12.5. The third-order valence-corrected chi connectivity index (χ3v) is 6.11. The van der Waals surface area contributed by atoms with Crippen LogP contribution in [0, 0.1) is 6.92 Å². The SMILES string of the molecule is CNS(=O)(=O)CCNS(=O)(=O)c1cc(-c2cc(C(F)(F)F)on2)oc1C. The van der Waals surface area contributed by atoms with Gasteiger partial charge in [-0.15, -0.1) is 0 Å². The Morgan fingerprint density at radius 3 is 2.38 bits per heavy atom. The molecular weight excluding hydrogens is 403 g/mol. The number of aryl methyl sites for hydroxylation is 1. The second-order valence-electron chi connectivity index (χ2n) is 5.03. The van der Waals surface area contributed by atoms with Crippen molar-refractivity contribution in [1.29, 1.82) is 0 Å². The Labute approximate surface area is 146 Å². The van der Waals surface area contributed by atoms with Crippen molar-refractivity contribution in [2.75, 3.05) is 19.3 Å². The van der Waals surface area contributed by atoms with Crippen molar-refractivity contribution in [3.05, 3.63) is 23.7 Å². The van der Waals surface area contributed by atoms with Crippen LogP contribution in [0.1, 0.15) is 11.5 Å². The summed E-state index contributed by atoms with van der Waals surface area (Å²) in [4.78, 5) is -0.356. The molecular formula is C12H14F3N3O6S2. The molecule has 14 heteroatoms. The van der Waals surface area contributed by atoms with Crippen molar-refractivity contribution in [2.45, 2.75) is 18.0 Å². The average molecular weight is 417 g/mol. The van der Waals surface area contributed by atoms with E-state index in [-0.39, 0.29) is 22.1 Å². The van der Waals surface area contributed by atoms with Gasteiger partial charge in [-0.3, -0.25) is 0 Å². The number of nitrogens with one attached hydrogen (secondary N) is 2. The van der Waals surface area contributed by atoms with E-state index in [2.05, 4.69) is 14.4 Å². The lowest BCUT2D eigenvalue weighted by Crippen LogP contribution is -2.33. The molecule has 26 heavy (non-hydrogen) atoms. The second-order valence-corrected chi connectivity index (χ2v) is 8.81. The van der Waals surface area contributed by atoms with Crippen molar-refractivity contribution in [1.82, 2.24) is 14.6 Å². The normalized spacial score (nSPS) is 13.3. The van der Waals surface area contributed by atoms with Crippen LogP contribution in [-0.4, -0.2) is 41.3 Å². The van der Waals surface area contributed by atoms with Crippen LogP contribution in [0.2, 0.25) is 0 Å². The first kappa shape index (κ1) is 20.4. The highest BCUT2D eigenvalue weighted by atomic mass is 32.2. The summed E-state index contributed by atoms with van der Waals surface area (Å²) in [6.45, 7) is 0.876. The van der Waals surface area contributed by atoms with Gasteiger partial charge in [0.15, 0.2) is 5.76 Å². The van der Waals surface area contributed by atoms with Crippen molar-refractivity contribution in [2.24, 2.45) is 0 Å². The van der Waals surface area contributed by atoms with Gasteiger partial charge in [-0.05, 0) is 14.0 Å². The van der Waals surface area contributed by atoms with E-state index < -0.39 is 44.3 Å². The summed E-state index contributed by atoms with van der Waals surface area (Å²) in [5, 5.41) is 3.20. The van der Waals surface area contributed by atoms with Crippen molar-refractivity contribution in [3.63, 3.8) is 0 Å². The van der Waals surface area contributed by atoms with Crippen molar-refractivity contribution < 1.29 is 38.9 Å². The molecule has 0 radical (unpaired) electrons. The molecule has 2 aromatic heterocycles. The molecule has 9 nitrogen and oxygen atoms in total. The van der Waals surface area contributed by atoms with Crippen LogP contribution in [0.25, 0.3) is 11.5 Å². The molecule has 2 heterocycles. The summed E-state index contributed by atoms with van der Waals surface area (Å²) in [6, 6.07) is 1.55. The zero-order chi connectivity index (χ0) is 19.8. The van der Waals surface area contributed by atoms with Gasteiger partial charge in [0.25, 0.3) is 0 Å². The summed E-state index contributed by atoms with van der Waals surface area (Å²) in [7, 11) is -6.58. The molecule has 0 saturated carbocycles. The molecule has 2 aromatic rings. The van der Waals surface area contributed by atoms with Gasteiger partial charge in [0, 0.05) is 18.7 Å².